The highest BCUT2D eigenvalue weighted by Crippen LogP contribution is 2.12. The monoisotopic (exact) mass is 324 g/mol. The van der Waals surface area contributed by atoms with Crippen LogP contribution in [0, 0.1) is 6.92 Å². The molecule has 0 unspecified atom stereocenters. The summed E-state index contributed by atoms with van der Waals surface area (Å²) in [6.45, 7) is 4.08. The maximum atomic E-state index is 11.9. The number of carbonyl (C=O) groups is 1. The third-order valence-corrected chi connectivity index (χ3v) is 3.65. The number of benzene rings is 2. The second-order valence-corrected chi connectivity index (χ2v) is 5.89. The van der Waals surface area contributed by atoms with E-state index in [1.807, 2.05) is 81.4 Å². The van der Waals surface area contributed by atoms with Crippen LogP contribution in [0.1, 0.15) is 18.1 Å². The van der Waals surface area contributed by atoms with Crippen LogP contribution in [0.3, 0.4) is 0 Å². The fourth-order valence-corrected chi connectivity index (χ4v) is 2.10. The van der Waals surface area contributed by atoms with Crippen LogP contribution in [0.5, 0.6) is 0 Å². The second kappa shape index (κ2) is 8.15. The van der Waals surface area contributed by atoms with E-state index in [2.05, 4.69) is 15.8 Å². The summed E-state index contributed by atoms with van der Waals surface area (Å²) < 4.78 is 0. The van der Waals surface area contributed by atoms with E-state index in [0.29, 0.717) is 0 Å². The van der Waals surface area contributed by atoms with Crippen molar-refractivity contribution in [2.75, 3.05) is 30.9 Å². The van der Waals surface area contributed by atoms with Gasteiger partial charge in [0.25, 0.3) is 5.91 Å². The van der Waals surface area contributed by atoms with E-state index in [1.165, 1.54) is 5.56 Å². The highest BCUT2D eigenvalue weighted by Gasteiger charge is 2.02. The van der Waals surface area contributed by atoms with Gasteiger partial charge in [-0.2, -0.15) is 5.10 Å². The number of anilines is 2. The molecule has 2 aromatic carbocycles. The predicted molar refractivity (Wildman–Crippen MR) is 101 cm³/mol. The normalized spacial score (nSPS) is 11.1. The van der Waals surface area contributed by atoms with Crippen LogP contribution < -0.4 is 15.6 Å². The van der Waals surface area contributed by atoms with Crippen molar-refractivity contribution in [3.63, 3.8) is 0 Å². The Morgan fingerprint density at radius 1 is 1.04 bits per heavy atom. The van der Waals surface area contributed by atoms with Crippen molar-refractivity contribution in [2.24, 2.45) is 5.10 Å². The van der Waals surface area contributed by atoms with Crippen molar-refractivity contribution >= 4 is 23.0 Å². The molecule has 2 rings (SSSR count). The van der Waals surface area contributed by atoms with Gasteiger partial charge in [0.05, 0.1) is 12.3 Å². The molecule has 0 fully saturated rings. The Hall–Kier alpha value is -2.82. The third kappa shape index (κ3) is 5.12. The molecule has 5 nitrogen and oxygen atoms in total. The average molecular weight is 324 g/mol. The highest BCUT2D eigenvalue weighted by molar-refractivity contribution is 5.99. The molecule has 5 heteroatoms. The van der Waals surface area contributed by atoms with Gasteiger partial charge in [-0.3, -0.25) is 4.79 Å². The Kier molecular flexibility index (Phi) is 5.95. The largest absolute Gasteiger partial charge is 0.378 e. The molecule has 0 atom stereocenters. The molecule has 1 amide bonds. The second-order valence-electron chi connectivity index (χ2n) is 5.89. The molecule has 0 radical (unpaired) electrons. The molecule has 0 saturated heterocycles. The molecule has 0 bridgehead atoms. The molecule has 0 spiro atoms. The van der Waals surface area contributed by atoms with Gasteiger partial charge < -0.3 is 10.2 Å². The Bertz CT molecular complexity index is 703. The molecule has 0 aliphatic heterocycles. The highest BCUT2D eigenvalue weighted by atomic mass is 16.2. The van der Waals surface area contributed by atoms with Crippen LogP contribution in [0.15, 0.2) is 53.6 Å². The SMILES string of the molecule is C/C(=N/NC(=O)CNc1ccc(C)cc1)c1ccc(N(C)C)cc1. The molecule has 2 aromatic rings. The number of nitrogens with zero attached hydrogens (tertiary/aromatic N) is 2. The number of amides is 1. The van der Waals surface area contributed by atoms with E-state index < -0.39 is 0 Å². The van der Waals surface area contributed by atoms with Crippen molar-refractivity contribution < 1.29 is 4.79 Å². The van der Waals surface area contributed by atoms with Gasteiger partial charge in [0.1, 0.15) is 0 Å². The van der Waals surface area contributed by atoms with Crippen LogP contribution in [0.4, 0.5) is 11.4 Å². The molecule has 126 valence electrons. The molecule has 0 aliphatic carbocycles. The van der Waals surface area contributed by atoms with E-state index in [1.54, 1.807) is 0 Å². The summed E-state index contributed by atoms with van der Waals surface area (Å²) in [4.78, 5) is 13.9. The number of carbonyl (C=O) groups excluding carboxylic acids is 1. The number of hydrazone groups is 1. The molecular formula is C19H24N4O. The van der Waals surface area contributed by atoms with Gasteiger partial charge >= 0.3 is 0 Å². The lowest BCUT2D eigenvalue weighted by Crippen LogP contribution is -2.26. The molecule has 24 heavy (non-hydrogen) atoms. The van der Waals surface area contributed by atoms with Crippen molar-refractivity contribution in [1.29, 1.82) is 0 Å². The smallest absolute Gasteiger partial charge is 0.259 e. The summed E-state index contributed by atoms with van der Waals surface area (Å²) in [6, 6.07) is 15.9. The van der Waals surface area contributed by atoms with Crippen LogP contribution in [-0.2, 0) is 4.79 Å². The zero-order valence-corrected chi connectivity index (χ0v) is 14.6. The summed E-state index contributed by atoms with van der Waals surface area (Å²) in [5.74, 6) is -0.181. The first-order valence-corrected chi connectivity index (χ1v) is 7.87. The van der Waals surface area contributed by atoms with Crippen molar-refractivity contribution in [1.82, 2.24) is 5.43 Å². The summed E-state index contributed by atoms with van der Waals surface area (Å²) in [5.41, 5.74) is 7.54. The van der Waals surface area contributed by atoms with Crippen LogP contribution in [-0.4, -0.2) is 32.3 Å². The van der Waals surface area contributed by atoms with Gasteiger partial charge in [0.15, 0.2) is 0 Å². The fraction of sp³-hybridized carbons (Fsp3) is 0.263. The summed E-state index contributed by atoms with van der Waals surface area (Å²) in [7, 11) is 3.99. The van der Waals surface area contributed by atoms with E-state index in [-0.39, 0.29) is 12.5 Å². The molecule has 2 N–H and O–H groups in total. The lowest BCUT2D eigenvalue weighted by Gasteiger charge is -2.12. The molecule has 0 heterocycles. The van der Waals surface area contributed by atoms with Gasteiger partial charge in [-0.15, -0.1) is 0 Å². The van der Waals surface area contributed by atoms with Gasteiger partial charge in [0, 0.05) is 25.5 Å². The minimum atomic E-state index is -0.181. The standard InChI is InChI=1S/C19H24N4O/c1-14-5-9-17(10-6-14)20-13-19(24)22-21-15(2)16-7-11-18(12-8-16)23(3)4/h5-12,20H,13H2,1-4H3,(H,22,24)/b21-15-. The number of nitrogens with one attached hydrogen (secondary N) is 2. The lowest BCUT2D eigenvalue weighted by molar-refractivity contribution is -0.119. The first kappa shape index (κ1) is 17.5. The minimum Gasteiger partial charge on any atom is -0.378 e. The third-order valence-electron chi connectivity index (χ3n) is 3.65. The average Bonchev–Trinajstić information content (AvgIpc) is 2.59. The number of hydrogen-bond acceptors (Lipinski definition) is 4. The topological polar surface area (TPSA) is 56.7 Å². The zero-order valence-electron chi connectivity index (χ0n) is 14.6. The summed E-state index contributed by atoms with van der Waals surface area (Å²) >= 11 is 0. The van der Waals surface area contributed by atoms with E-state index in [0.717, 1.165) is 22.6 Å². The van der Waals surface area contributed by atoms with Crippen LogP contribution in [0.25, 0.3) is 0 Å². The molecule has 0 aromatic heterocycles. The first-order chi connectivity index (χ1) is 11.5. The zero-order chi connectivity index (χ0) is 17.5. The van der Waals surface area contributed by atoms with E-state index >= 15 is 0 Å². The van der Waals surface area contributed by atoms with Crippen LogP contribution >= 0.6 is 0 Å². The molecule has 0 saturated carbocycles. The summed E-state index contributed by atoms with van der Waals surface area (Å²) in [6.07, 6.45) is 0. The molecule has 0 aliphatic rings. The number of aryl methyl sites for hydroxylation is 1. The maximum Gasteiger partial charge on any atom is 0.259 e. The fourth-order valence-electron chi connectivity index (χ4n) is 2.10. The first-order valence-electron chi connectivity index (χ1n) is 7.87. The minimum absolute atomic E-state index is 0.180. The van der Waals surface area contributed by atoms with Crippen molar-refractivity contribution in [2.45, 2.75) is 13.8 Å². The van der Waals surface area contributed by atoms with Crippen LogP contribution in [0.2, 0.25) is 0 Å². The van der Waals surface area contributed by atoms with E-state index in [9.17, 15) is 4.79 Å². The van der Waals surface area contributed by atoms with Gasteiger partial charge in [-0.25, -0.2) is 5.43 Å². The van der Waals surface area contributed by atoms with Gasteiger partial charge in [-0.05, 0) is 43.7 Å². The Balaban J connectivity index is 1.86. The van der Waals surface area contributed by atoms with Crippen molar-refractivity contribution in [3.05, 3.63) is 59.7 Å². The summed E-state index contributed by atoms with van der Waals surface area (Å²) in [5, 5.41) is 7.23. The Morgan fingerprint density at radius 3 is 2.25 bits per heavy atom. The Morgan fingerprint density at radius 2 is 1.67 bits per heavy atom. The Labute approximate surface area is 143 Å². The number of hydrogen-bond donors (Lipinski definition) is 2. The van der Waals surface area contributed by atoms with Gasteiger partial charge in [-0.1, -0.05) is 29.8 Å². The quantitative estimate of drug-likeness (QED) is 0.634. The predicted octanol–water partition coefficient (Wildman–Crippen LogP) is 3.01. The van der Waals surface area contributed by atoms with E-state index in [4.69, 9.17) is 0 Å². The van der Waals surface area contributed by atoms with Crippen molar-refractivity contribution in [3.8, 4) is 0 Å². The van der Waals surface area contributed by atoms with Gasteiger partial charge in [0.2, 0.25) is 0 Å². The molecular weight excluding hydrogens is 300 g/mol. The maximum absolute atomic E-state index is 11.9. The number of rotatable bonds is 6. The lowest BCUT2D eigenvalue weighted by atomic mass is 10.1.